The van der Waals surface area contributed by atoms with Crippen LogP contribution in [0.5, 0.6) is 0 Å². The molecule has 0 amide bonds. The van der Waals surface area contributed by atoms with E-state index >= 15 is 0 Å². The van der Waals surface area contributed by atoms with Crippen molar-refractivity contribution in [2.75, 3.05) is 12.4 Å². The molecule has 0 radical (unpaired) electrons. The van der Waals surface area contributed by atoms with Gasteiger partial charge in [0.05, 0.1) is 23.4 Å². The summed E-state index contributed by atoms with van der Waals surface area (Å²) in [6.07, 6.45) is 3.77. The van der Waals surface area contributed by atoms with Crippen LogP contribution in [0.25, 0.3) is 0 Å². The molecule has 18 heavy (non-hydrogen) atoms. The lowest BCUT2D eigenvalue weighted by Crippen LogP contribution is -2.15. The quantitative estimate of drug-likeness (QED) is 0.628. The number of carbonyl (C=O) groups is 1. The molecule has 4 heteroatoms. The topological polar surface area (TPSA) is 38.3 Å². The van der Waals surface area contributed by atoms with Gasteiger partial charge < -0.3 is 10.1 Å². The van der Waals surface area contributed by atoms with E-state index in [0.717, 1.165) is 18.5 Å². The van der Waals surface area contributed by atoms with Crippen LogP contribution >= 0.6 is 11.6 Å². The van der Waals surface area contributed by atoms with E-state index in [9.17, 15) is 4.79 Å². The molecular weight excluding hydrogens is 250 g/mol. The van der Waals surface area contributed by atoms with Crippen LogP contribution in [-0.4, -0.2) is 19.1 Å². The number of allylic oxidation sites excluding steroid dienone is 1. The van der Waals surface area contributed by atoms with Gasteiger partial charge in [-0.2, -0.15) is 0 Å². The van der Waals surface area contributed by atoms with E-state index in [1.54, 1.807) is 18.2 Å². The summed E-state index contributed by atoms with van der Waals surface area (Å²) in [7, 11) is 1.36. The zero-order valence-electron chi connectivity index (χ0n) is 10.7. The zero-order chi connectivity index (χ0) is 13.5. The maximum atomic E-state index is 11.4. The highest BCUT2D eigenvalue weighted by Crippen LogP contribution is 2.24. The fraction of sp³-hybridized carbons (Fsp3) is 0.357. The number of nitrogens with one attached hydrogen (secondary N) is 1. The van der Waals surface area contributed by atoms with E-state index in [2.05, 4.69) is 23.6 Å². The van der Waals surface area contributed by atoms with Gasteiger partial charge in [-0.3, -0.25) is 0 Å². The first-order valence-electron chi connectivity index (χ1n) is 5.83. The molecule has 1 atom stereocenters. The molecule has 1 aromatic carbocycles. The van der Waals surface area contributed by atoms with Gasteiger partial charge in [0.1, 0.15) is 0 Å². The molecule has 3 nitrogen and oxygen atoms in total. The Bertz CT molecular complexity index is 432. The average molecular weight is 268 g/mol. The molecule has 0 bridgehead atoms. The van der Waals surface area contributed by atoms with Gasteiger partial charge in [0.15, 0.2) is 0 Å². The van der Waals surface area contributed by atoms with Crippen LogP contribution in [0.1, 0.15) is 30.1 Å². The predicted molar refractivity (Wildman–Crippen MR) is 75.3 cm³/mol. The van der Waals surface area contributed by atoms with Crippen molar-refractivity contribution in [3.05, 3.63) is 41.4 Å². The molecule has 0 aliphatic carbocycles. The number of anilines is 1. The summed E-state index contributed by atoms with van der Waals surface area (Å²) in [5.41, 5.74) is 1.23. The van der Waals surface area contributed by atoms with Gasteiger partial charge in [0, 0.05) is 6.04 Å². The second-order valence-corrected chi connectivity index (χ2v) is 4.50. The van der Waals surface area contributed by atoms with Crippen molar-refractivity contribution in [2.45, 2.75) is 25.8 Å². The molecule has 1 aromatic rings. The zero-order valence-corrected chi connectivity index (χ0v) is 11.5. The van der Waals surface area contributed by atoms with Gasteiger partial charge in [-0.1, -0.05) is 17.7 Å². The second kappa shape index (κ2) is 7.07. The molecule has 0 fully saturated rings. The summed E-state index contributed by atoms with van der Waals surface area (Å²) in [6.45, 7) is 5.75. The Hall–Kier alpha value is -1.48. The molecule has 0 heterocycles. The molecule has 98 valence electrons. The van der Waals surface area contributed by atoms with Crippen molar-refractivity contribution in [3.63, 3.8) is 0 Å². The largest absolute Gasteiger partial charge is 0.465 e. The van der Waals surface area contributed by atoms with Gasteiger partial charge in [-0.05, 0) is 38.0 Å². The molecule has 0 spiro atoms. The van der Waals surface area contributed by atoms with E-state index in [4.69, 9.17) is 11.6 Å². The van der Waals surface area contributed by atoms with Crippen molar-refractivity contribution in [1.29, 1.82) is 0 Å². The highest BCUT2D eigenvalue weighted by molar-refractivity contribution is 6.33. The molecule has 0 aliphatic heterocycles. The lowest BCUT2D eigenvalue weighted by atomic mass is 10.1. The first kappa shape index (κ1) is 14.6. The van der Waals surface area contributed by atoms with Crippen LogP contribution < -0.4 is 5.32 Å². The monoisotopic (exact) mass is 267 g/mol. The molecule has 1 unspecified atom stereocenters. The first-order valence-corrected chi connectivity index (χ1v) is 6.21. The second-order valence-electron chi connectivity index (χ2n) is 4.10. The lowest BCUT2D eigenvalue weighted by Gasteiger charge is -2.16. The van der Waals surface area contributed by atoms with E-state index in [1.165, 1.54) is 7.11 Å². The number of benzene rings is 1. The summed E-state index contributed by atoms with van der Waals surface area (Å²) >= 11 is 6.09. The fourth-order valence-electron chi connectivity index (χ4n) is 1.59. The van der Waals surface area contributed by atoms with Gasteiger partial charge in [-0.25, -0.2) is 4.79 Å². The Kier molecular flexibility index (Phi) is 5.72. The SMILES string of the molecule is C=CCCC(C)Nc1cc(C(=O)OC)ccc1Cl. The van der Waals surface area contributed by atoms with Crippen LogP contribution in [-0.2, 0) is 4.74 Å². The van der Waals surface area contributed by atoms with Crippen molar-refractivity contribution < 1.29 is 9.53 Å². The number of ether oxygens (including phenoxy) is 1. The average Bonchev–Trinajstić information content (AvgIpc) is 2.38. The third-order valence-corrected chi connectivity index (χ3v) is 2.92. The minimum Gasteiger partial charge on any atom is -0.465 e. The molecule has 0 saturated carbocycles. The summed E-state index contributed by atoms with van der Waals surface area (Å²) in [4.78, 5) is 11.4. The molecular formula is C14H18ClNO2. The van der Waals surface area contributed by atoms with Crippen LogP contribution in [0.2, 0.25) is 5.02 Å². The van der Waals surface area contributed by atoms with Crippen LogP contribution in [0, 0.1) is 0 Å². The number of rotatable bonds is 6. The molecule has 1 rings (SSSR count). The Morgan fingerprint density at radius 3 is 2.94 bits per heavy atom. The minimum atomic E-state index is -0.367. The van der Waals surface area contributed by atoms with Crippen LogP contribution in [0.3, 0.4) is 0 Å². The molecule has 1 N–H and O–H groups in total. The Balaban J connectivity index is 2.80. The summed E-state index contributed by atoms with van der Waals surface area (Å²) in [5.74, 6) is -0.367. The number of hydrogen-bond acceptors (Lipinski definition) is 3. The van der Waals surface area contributed by atoms with E-state index < -0.39 is 0 Å². The number of hydrogen-bond donors (Lipinski definition) is 1. The summed E-state index contributed by atoms with van der Waals surface area (Å²) in [6, 6.07) is 5.30. The summed E-state index contributed by atoms with van der Waals surface area (Å²) in [5, 5.41) is 3.87. The van der Waals surface area contributed by atoms with Crippen molar-refractivity contribution in [1.82, 2.24) is 0 Å². The fourth-order valence-corrected chi connectivity index (χ4v) is 1.76. The molecule has 0 aliphatic rings. The van der Waals surface area contributed by atoms with Crippen LogP contribution in [0.15, 0.2) is 30.9 Å². The van der Waals surface area contributed by atoms with Crippen LogP contribution in [0.4, 0.5) is 5.69 Å². The third kappa shape index (κ3) is 4.08. The van der Waals surface area contributed by atoms with Crippen molar-refractivity contribution in [3.8, 4) is 0 Å². The normalized spacial score (nSPS) is 11.7. The Morgan fingerprint density at radius 2 is 2.33 bits per heavy atom. The summed E-state index contributed by atoms with van der Waals surface area (Å²) < 4.78 is 4.68. The number of esters is 1. The predicted octanol–water partition coefficient (Wildman–Crippen LogP) is 3.89. The minimum absolute atomic E-state index is 0.258. The molecule has 0 aromatic heterocycles. The highest BCUT2D eigenvalue weighted by atomic mass is 35.5. The van der Waals surface area contributed by atoms with Crippen molar-refractivity contribution >= 4 is 23.3 Å². The van der Waals surface area contributed by atoms with E-state index in [1.807, 2.05) is 6.08 Å². The first-order chi connectivity index (χ1) is 8.58. The maximum absolute atomic E-state index is 11.4. The maximum Gasteiger partial charge on any atom is 0.337 e. The number of halogens is 1. The van der Waals surface area contributed by atoms with E-state index in [0.29, 0.717) is 10.6 Å². The van der Waals surface area contributed by atoms with Gasteiger partial charge in [0.2, 0.25) is 0 Å². The lowest BCUT2D eigenvalue weighted by molar-refractivity contribution is 0.0601. The third-order valence-electron chi connectivity index (χ3n) is 2.59. The van der Waals surface area contributed by atoms with Gasteiger partial charge >= 0.3 is 5.97 Å². The van der Waals surface area contributed by atoms with E-state index in [-0.39, 0.29) is 12.0 Å². The smallest absolute Gasteiger partial charge is 0.337 e. The number of carbonyl (C=O) groups excluding carboxylic acids is 1. The van der Waals surface area contributed by atoms with Crippen molar-refractivity contribution in [2.24, 2.45) is 0 Å². The highest BCUT2D eigenvalue weighted by Gasteiger charge is 2.10. The standard InChI is InChI=1S/C14H18ClNO2/c1-4-5-6-10(2)16-13-9-11(14(17)18-3)7-8-12(13)15/h4,7-10,16H,1,5-6H2,2-3H3. The number of methoxy groups -OCH3 is 1. The van der Waals surface area contributed by atoms with Gasteiger partial charge in [0.25, 0.3) is 0 Å². The Labute approximate surface area is 113 Å². The molecule has 0 saturated heterocycles. The Morgan fingerprint density at radius 1 is 1.61 bits per heavy atom. The van der Waals surface area contributed by atoms with Gasteiger partial charge in [-0.15, -0.1) is 6.58 Å².